The fourth-order valence-corrected chi connectivity index (χ4v) is 6.78. The second-order valence-electron chi connectivity index (χ2n) is 14.1. The highest BCUT2D eigenvalue weighted by molar-refractivity contribution is 6.31. The molecule has 0 radical (unpaired) electrons. The molecule has 4 amide bonds. The van der Waals surface area contributed by atoms with Crippen LogP contribution in [0.25, 0.3) is 0 Å². The standard InChI is InChI=1S/C46H42Cl4N8O8/c1-5-65-39-21-38(54-46(64)42(26(4)60)58-56-36-18-30(16-32(50)20-36)44(62)52-34-12-8-10-28(14-34)24-48)40(66-6-2)22-37(39)53-45(63)41(25(3)59)57-55-35-17-29(15-31(49)19-35)43(61)51-33-11-7-9-27(13-33)23-47/h7-22,41-42H,5-6,23-24H2,1-4H3,(H,51,61)(H,52,62)(H,53,63)(H,54,64). The van der Waals surface area contributed by atoms with E-state index in [4.69, 9.17) is 55.9 Å². The number of halogens is 4. The van der Waals surface area contributed by atoms with Gasteiger partial charge in [0, 0.05) is 56.4 Å². The van der Waals surface area contributed by atoms with Crippen LogP contribution in [0.1, 0.15) is 59.5 Å². The van der Waals surface area contributed by atoms with Crippen molar-refractivity contribution in [1.29, 1.82) is 0 Å². The van der Waals surface area contributed by atoms with Gasteiger partial charge in [0.1, 0.15) is 11.5 Å². The van der Waals surface area contributed by atoms with E-state index in [0.717, 1.165) is 25.0 Å². The average Bonchev–Trinajstić information content (AvgIpc) is 3.27. The molecule has 5 rings (SSSR count). The number of alkyl halides is 2. The van der Waals surface area contributed by atoms with E-state index in [-0.39, 0.29) is 80.4 Å². The van der Waals surface area contributed by atoms with Crippen LogP contribution >= 0.6 is 46.4 Å². The number of benzene rings is 5. The molecule has 0 saturated carbocycles. The molecule has 2 atom stereocenters. The summed E-state index contributed by atoms with van der Waals surface area (Å²) < 4.78 is 11.6. The van der Waals surface area contributed by atoms with Crippen molar-refractivity contribution < 1.29 is 38.2 Å². The van der Waals surface area contributed by atoms with Gasteiger partial charge >= 0.3 is 0 Å². The zero-order chi connectivity index (χ0) is 47.9. The summed E-state index contributed by atoms with van der Waals surface area (Å²) in [6, 6.07) is 21.7. The van der Waals surface area contributed by atoms with Crippen LogP contribution in [-0.4, -0.2) is 60.5 Å². The predicted octanol–water partition coefficient (Wildman–Crippen LogP) is 11.1. The van der Waals surface area contributed by atoms with Gasteiger partial charge in [-0.2, -0.15) is 20.5 Å². The third-order valence-corrected chi connectivity index (χ3v) is 10.1. The number of hydrogen-bond acceptors (Lipinski definition) is 12. The van der Waals surface area contributed by atoms with Crippen molar-refractivity contribution in [3.05, 3.63) is 129 Å². The van der Waals surface area contributed by atoms with E-state index >= 15 is 0 Å². The minimum Gasteiger partial charge on any atom is -0.492 e. The Kier molecular flexibility index (Phi) is 18.3. The summed E-state index contributed by atoms with van der Waals surface area (Å²) in [5.74, 6) is -3.54. The highest BCUT2D eigenvalue weighted by atomic mass is 35.5. The van der Waals surface area contributed by atoms with E-state index < -0.39 is 47.3 Å². The van der Waals surface area contributed by atoms with Crippen LogP contribution in [0.3, 0.4) is 0 Å². The topological polar surface area (TPSA) is 218 Å². The van der Waals surface area contributed by atoms with Crippen LogP contribution in [-0.2, 0) is 30.9 Å². The molecule has 20 heteroatoms. The van der Waals surface area contributed by atoms with Gasteiger partial charge in [0.05, 0.1) is 36.0 Å². The quantitative estimate of drug-likeness (QED) is 0.0333. The number of carbonyl (C=O) groups excluding carboxylic acids is 6. The van der Waals surface area contributed by atoms with Crippen LogP contribution in [0, 0.1) is 0 Å². The van der Waals surface area contributed by atoms with Crippen molar-refractivity contribution in [2.24, 2.45) is 20.5 Å². The molecular weight excluding hydrogens is 934 g/mol. The van der Waals surface area contributed by atoms with E-state index in [1.165, 1.54) is 48.5 Å². The molecule has 0 heterocycles. The summed E-state index contributed by atoms with van der Waals surface area (Å²) in [7, 11) is 0. The molecule has 0 fully saturated rings. The molecule has 4 N–H and O–H groups in total. The number of nitrogens with zero attached hydrogens (tertiary/aromatic N) is 4. The van der Waals surface area contributed by atoms with Crippen molar-refractivity contribution in [3.63, 3.8) is 0 Å². The molecule has 5 aromatic rings. The Morgan fingerprint density at radius 3 is 1.29 bits per heavy atom. The third kappa shape index (κ3) is 14.1. The van der Waals surface area contributed by atoms with Gasteiger partial charge in [-0.05, 0) is 99.5 Å². The number of carbonyl (C=O) groups is 6. The summed E-state index contributed by atoms with van der Waals surface area (Å²) in [5, 5.41) is 27.2. The summed E-state index contributed by atoms with van der Waals surface area (Å²) in [5.41, 5.74) is 3.13. The zero-order valence-corrected chi connectivity index (χ0v) is 38.8. The van der Waals surface area contributed by atoms with Crippen molar-refractivity contribution in [2.45, 2.75) is 51.5 Å². The molecule has 66 heavy (non-hydrogen) atoms. The fraction of sp³-hybridized carbons (Fsp3) is 0.217. The lowest BCUT2D eigenvalue weighted by Crippen LogP contribution is -2.32. The Hall–Kier alpha value is -6.72. The van der Waals surface area contributed by atoms with E-state index in [1.807, 2.05) is 12.1 Å². The number of ether oxygens (including phenoxy) is 2. The molecule has 0 aliphatic carbocycles. The first-order valence-corrected chi connectivity index (χ1v) is 21.8. The van der Waals surface area contributed by atoms with E-state index in [2.05, 4.69) is 41.7 Å². The molecule has 2 unspecified atom stereocenters. The zero-order valence-electron chi connectivity index (χ0n) is 35.8. The highest BCUT2D eigenvalue weighted by Crippen LogP contribution is 2.38. The first-order chi connectivity index (χ1) is 31.6. The molecule has 342 valence electrons. The number of anilines is 4. The second-order valence-corrected chi connectivity index (χ2v) is 15.5. The Morgan fingerprint density at radius 1 is 0.545 bits per heavy atom. The van der Waals surface area contributed by atoms with E-state index in [9.17, 15) is 28.8 Å². The first-order valence-electron chi connectivity index (χ1n) is 20.0. The number of azo groups is 2. The Bertz CT molecular complexity index is 2530. The number of rotatable bonds is 20. The lowest BCUT2D eigenvalue weighted by molar-refractivity contribution is -0.127. The predicted molar refractivity (Wildman–Crippen MR) is 255 cm³/mol. The van der Waals surface area contributed by atoms with Crippen LogP contribution in [0.5, 0.6) is 11.5 Å². The molecule has 16 nitrogen and oxygen atoms in total. The molecule has 0 aliphatic rings. The van der Waals surface area contributed by atoms with Crippen molar-refractivity contribution >= 4 is 116 Å². The smallest absolute Gasteiger partial charge is 0.258 e. The number of ketones is 2. The van der Waals surface area contributed by atoms with E-state index in [1.54, 1.807) is 50.2 Å². The van der Waals surface area contributed by atoms with Crippen molar-refractivity contribution in [2.75, 3.05) is 34.5 Å². The number of hydrogen-bond donors (Lipinski definition) is 4. The van der Waals surface area contributed by atoms with Gasteiger partial charge in [-0.15, -0.1) is 23.2 Å². The van der Waals surface area contributed by atoms with Crippen molar-refractivity contribution in [1.82, 2.24) is 0 Å². The summed E-state index contributed by atoms with van der Waals surface area (Å²) >= 11 is 24.5. The molecule has 0 bridgehead atoms. The van der Waals surface area contributed by atoms with Gasteiger partial charge in [0.25, 0.3) is 23.6 Å². The first kappa shape index (κ1) is 50.3. The molecule has 0 aromatic heterocycles. The molecule has 0 saturated heterocycles. The number of nitrogens with one attached hydrogen (secondary N) is 4. The van der Waals surface area contributed by atoms with Crippen LogP contribution < -0.4 is 30.7 Å². The van der Waals surface area contributed by atoms with E-state index in [0.29, 0.717) is 11.4 Å². The van der Waals surface area contributed by atoms with Gasteiger partial charge in [-0.25, -0.2) is 0 Å². The fourth-order valence-electron chi connectivity index (χ4n) is 5.99. The highest BCUT2D eigenvalue weighted by Gasteiger charge is 2.28. The minimum absolute atomic E-state index is 0.0417. The van der Waals surface area contributed by atoms with Crippen LogP contribution in [0.2, 0.25) is 10.0 Å². The molecular formula is C46H42Cl4N8O8. The van der Waals surface area contributed by atoms with Crippen LogP contribution in [0.15, 0.2) is 118 Å². The Labute approximate surface area is 399 Å². The Morgan fingerprint density at radius 2 is 0.939 bits per heavy atom. The summed E-state index contributed by atoms with van der Waals surface area (Å²) in [6.07, 6.45) is 0. The van der Waals surface area contributed by atoms with Crippen LogP contribution in [0.4, 0.5) is 34.1 Å². The van der Waals surface area contributed by atoms with Gasteiger partial charge in [-0.1, -0.05) is 47.5 Å². The normalized spacial score (nSPS) is 12.0. The summed E-state index contributed by atoms with van der Waals surface area (Å²) in [6.45, 7) is 5.87. The van der Waals surface area contributed by atoms with Gasteiger partial charge in [0.15, 0.2) is 11.6 Å². The maximum absolute atomic E-state index is 13.7. The minimum atomic E-state index is -1.66. The van der Waals surface area contributed by atoms with Crippen molar-refractivity contribution in [3.8, 4) is 11.5 Å². The Balaban J connectivity index is 1.34. The van der Waals surface area contributed by atoms with Gasteiger partial charge in [0.2, 0.25) is 12.1 Å². The maximum atomic E-state index is 13.7. The molecule has 5 aromatic carbocycles. The molecule has 0 aliphatic heterocycles. The lowest BCUT2D eigenvalue weighted by Gasteiger charge is -2.19. The maximum Gasteiger partial charge on any atom is 0.258 e. The monoisotopic (exact) mass is 974 g/mol. The summed E-state index contributed by atoms with van der Waals surface area (Å²) in [4.78, 5) is 79.0. The third-order valence-electron chi connectivity index (χ3n) is 9.01. The number of amides is 4. The number of Topliss-reactive ketones (excluding diaryl/α,β-unsaturated/α-hetero) is 2. The SMILES string of the molecule is CCOc1cc(NC(=O)C(N=Nc2cc(Cl)cc(C(=O)Nc3cccc(CCl)c3)c2)C(C)=O)c(OCC)cc1NC(=O)C(N=Nc1cc(Cl)cc(C(=O)Nc2cccc(CCl)c2)c1)C(C)=O. The second kappa shape index (κ2) is 24.0. The average molecular weight is 977 g/mol. The van der Waals surface area contributed by atoms with Gasteiger partial charge in [-0.3, -0.25) is 28.8 Å². The van der Waals surface area contributed by atoms with Gasteiger partial charge < -0.3 is 30.7 Å². The lowest BCUT2D eigenvalue weighted by atomic mass is 10.1. The largest absolute Gasteiger partial charge is 0.492 e. The molecule has 0 spiro atoms.